The predicted octanol–water partition coefficient (Wildman–Crippen LogP) is 2.75. The number of fused-ring (bicyclic) bond motifs is 1. The van der Waals surface area contributed by atoms with Gasteiger partial charge in [0.1, 0.15) is 11.6 Å². The van der Waals surface area contributed by atoms with Gasteiger partial charge in [0, 0.05) is 24.2 Å². The molecule has 2 saturated carbocycles. The molecule has 2 aliphatic rings. The van der Waals surface area contributed by atoms with E-state index in [1.807, 2.05) is 6.92 Å². The van der Waals surface area contributed by atoms with Crippen LogP contribution in [-0.2, 0) is 9.59 Å². The number of ketones is 2. The molecule has 2 rings (SSSR count). The van der Waals surface area contributed by atoms with Gasteiger partial charge in [-0.3, -0.25) is 9.59 Å². The summed E-state index contributed by atoms with van der Waals surface area (Å²) in [6.07, 6.45) is 4.07. The SMILES string of the molecule is CC1C(=O)CCC2(C)C(=O)CCCC12C. The van der Waals surface area contributed by atoms with E-state index in [-0.39, 0.29) is 16.7 Å². The fourth-order valence-electron chi connectivity index (χ4n) is 3.55. The number of hydrogen-bond donors (Lipinski definition) is 0. The van der Waals surface area contributed by atoms with Crippen LogP contribution in [0, 0.1) is 16.7 Å². The van der Waals surface area contributed by atoms with E-state index in [9.17, 15) is 9.59 Å². The summed E-state index contributed by atoms with van der Waals surface area (Å²) in [5, 5.41) is 0. The maximum Gasteiger partial charge on any atom is 0.139 e. The van der Waals surface area contributed by atoms with E-state index in [2.05, 4.69) is 13.8 Å². The average Bonchev–Trinajstić information content (AvgIpc) is 2.20. The molecule has 0 aromatic rings. The number of carbonyl (C=O) groups is 2. The van der Waals surface area contributed by atoms with Gasteiger partial charge < -0.3 is 0 Å². The molecule has 84 valence electrons. The molecule has 3 unspecified atom stereocenters. The molecular formula is C13H20O2. The Kier molecular flexibility index (Phi) is 2.29. The predicted molar refractivity (Wildman–Crippen MR) is 58.5 cm³/mol. The summed E-state index contributed by atoms with van der Waals surface area (Å²) < 4.78 is 0. The second-order valence-electron chi connectivity index (χ2n) is 5.71. The minimum atomic E-state index is -0.238. The first-order valence-corrected chi connectivity index (χ1v) is 5.98. The fourth-order valence-corrected chi connectivity index (χ4v) is 3.55. The van der Waals surface area contributed by atoms with Crippen LogP contribution in [0.2, 0.25) is 0 Å². The molecule has 0 heterocycles. The van der Waals surface area contributed by atoms with Crippen LogP contribution in [0.15, 0.2) is 0 Å². The normalized spacial score (nSPS) is 46.5. The Labute approximate surface area is 91.4 Å². The Bertz CT molecular complexity index is 320. The Hall–Kier alpha value is -0.660. The number of carbonyl (C=O) groups excluding carboxylic acids is 2. The van der Waals surface area contributed by atoms with Crippen LogP contribution in [0.4, 0.5) is 0 Å². The van der Waals surface area contributed by atoms with Crippen molar-refractivity contribution in [2.24, 2.45) is 16.7 Å². The van der Waals surface area contributed by atoms with Gasteiger partial charge in [-0.2, -0.15) is 0 Å². The van der Waals surface area contributed by atoms with Crippen LogP contribution in [0.1, 0.15) is 52.9 Å². The standard InChI is InChI=1S/C13H20O2/c1-9-10(14)6-8-13(3)11(15)5-4-7-12(9,13)2/h9H,4-8H2,1-3H3. The lowest BCUT2D eigenvalue weighted by Crippen LogP contribution is -2.55. The zero-order chi connectivity index (χ0) is 11.3. The van der Waals surface area contributed by atoms with Gasteiger partial charge >= 0.3 is 0 Å². The fraction of sp³-hybridized carbons (Fsp3) is 0.846. The van der Waals surface area contributed by atoms with E-state index in [0.29, 0.717) is 24.4 Å². The molecule has 0 radical (unpaired) electrons. The van der Waals surface area contributed by atoms with Gasteiger partial charge in [-0.05, 0) is 24.7 Å². The van der Waals surface area contributed by atoms with E-state index in [4.69, 9.17) is 0 Å². The number of rotatable bonds is 0. The molecule has 2 nitrogen and oxygen atoms in total. The second kappa shape index (κ2) is 3.16. The average molecular weight is 208 g/mol. The molecule has 3 atom stereocenters. The zero-order valence-corrected chi connectivity index (χ0v) is 9.93. The molecule has 0 spiro atoms. The van der Waals surface area contributed by atoms with Gasteiger partial charge in [0.05, 0.1) is 0 Å². The van der Waals surface area contributed by atoms with Crippen LogP contribution in [0.25, 0.3) is 0 Å². The van der Waals surface area contributed by atoms with Gasteiger partial charge in [0.25, 0.3) is 0 Å². The molecular weight excluding hydrogens is 188 g/mol. The second-order valence-corrected chi connectivity index (χ2v) is 5.71. The summed E-state index contributed by atoms with van der Waals surface area (Å²) in [7, 11) is 0. The summed E-state index contributed by atoms with van der Waals surface area (Å²) in [5.41, 5.74) is -0.323. The topological polar surface area (TPSA) is 34.1 Å². The van der Waals surface area contributed by atoms with Gasteiger partial charge in [-0.15, -0.1) is 0 Å². The first-order valence-electron chi connectivity index (χ1n) is 5.98. The lowest BCUT2D eigenvalue weighted by molar-refractivity contribution is -0.156. The summed E-state index contributed by atoms with van der Waals surface area (Å²) in [6.45, 7) is 6.24. The monoisotopic (exact) mass is 208 g/mol. The third-order valence-corrected chi connectivity index (χ3v) is 5.29. The van der Waals surface area contributed by atoms with Crippen molar-refractivity contribution in [2.45, 2.75) is 52.9 Å². The summed E-state index contributed by atoms with van der Waals surface area (Å²) in [6, 6.07) is 0. The Balaban J connectivity index is 2.44. The molecule has 2 fully saturated rings. The molecule has 0 bridgehead atoms. The minimum Gasteiger partial charge on any atom is -0.299 e. The van der Waals surface area contributed by atoms with Crippen LogP contribution in [-0.4, -0.2) is 11.6 Å². The molecule has 2 heteroatoms. The lowest BCUT2D eigenvalue weighted by atomic mass is 9.47. The van der Waals surface area contributed by atoms with Crippen molar-refractivity contribution in [2.75, 3.05) is 0 Å². The van der Waals surface area contributed by atoms with Crippen molar-refractivity contribution in [3.05, 3.63) is 0 Å². The first-order chi connectivity index (χ1) is 6.92. The molecule has 0 saturated heterocycles. The number of Topliss-reactive ketones (excluding diaryl/α,β-unsaturated/α-hetero) is 2. The van der Waals surface area contributed by atoms with Crippen LogP contribution >= 0.6 is 0 Å². The summed E-state index contributed by atoms with van der Waals surface area (Å²) in [5.74, 6) is 0.792. The van der Waals surface area contributed by atoms with Gasteiger partial charge in [0.15, 0.2) is 0 Å². The van der Waals surface area contributed by atoms with Crippen molar-refractivity contribution in [3.63, 3.8) is 0 Å². The van der Waals surface area contributed by atoms with Crippen molar-refractivity contribution < 1.29 is 9.59 Å². The largest absolute Gasteiger partial charge is 0.299 e. The van der Waals surface area contributed by atoms with E-state index in [1.165, 1.54) is 0 Å². The van der Waals surface area contributed by atoms with Gasteiger partial charge in [-0.25, -0.2) is 0 Å². The Morgan fingerprint density at radius 1 is 1.13 bits per heavy atom. The van der Waals surface area contributed by atoms with Crippen LogP contribution in [0.5, 0.6) is 0 Å². The maximum absolute atomic E-state index is 12.1. The third kappa shape index (κ3) is 1.23. The Morgan fingerprint density at radius 3 is 2.47 bits per heavy atom. The maximum atomic E-state index is 12.1. The van der Waals surface area contributed by atoms with Gasteiger partial charge in [-0.1, -0.05) is 20.8 Å². The zero-order valence-electron chi connectivity index (χ0n) is 9.93. The van der Waals surface area contributed by atoms with Crippen LogP contribution < -0.4 is 0 Å². The molecule has 0 aromatic heterocycles. The Morgan fingerprint density at radius 2 is 1.80 bits per heavy atom. The smallest absolute Gasteiger partial charge is 0.139 e. The summed E-state index contributed by atoms with van der Waals surface area (Å²) >= 11 is 0. The molecule has 0 aromatic carbocycles. The molecule has 15 heavy (non-hydrogen) atoms. The summed E-state index contributed by atoms with van der Waals surface area (Å²) in [4.78, 5) is 23.9. The highest BCUT2D eigenvalue weighted by Crippen LogP contribution is 2.58. The number of hydrogen-bond acceptors (Lipinski definition) is 2. The molecule has 2 aliphatic carbocycles. The quantitative estimate of drug-likeness (QED) is 0.613. The highest BCUT2D eigenvalue weighted by molar-refractivity contribution is 5.91. The van der Waals surface area contributed by atoms with E-state index in [0.717, 1.165) is 19.3 Å². The highest BCUT2D eigenvalue weighted by atomic mass is 16.1. The van der Waals surface area contributed by atoms with Crippen LogP contribution in [0.3, 0.4) is 0 Å². The van der Waals surface area contributed by atoms with E-state index in [1.54, 1.807) is 0 Å². The first kappa shape index (κ1) is 10.8. The van der Waals surface area contributed by atoms with Crippen molar-refractivity contribution in [3.8, 4) is 0 Å². The highest BCUT2D eigenvalue weighted by Gasteiger charge is 2.57. The van der Waals surface area contributed by atoms with Crippen molar-refractivity contribution >= 4 is 11.6 Å². The van der Waals surface area contributed by atoms with E-state index >= 15 is 0 Å². The third-order valence-electron chi connectivity index (χ3n) is 5.29. The van der Waals surface area contributed by atoms with Crippen molar-refractivity contribution in [1.29, 1.82) is 0 Å². The lowest BCUT2D eigenvalue weighted by Gasteiger charge is -2.54. The van der Waals surface area contributed by atoms with E-state index < -0.39 is 0 Å². The molecule has 0 amide bonds. The van der Waals surface area contributed by atoms with Gasteiger partial charge in [0.2, 0.25) is 0 Å². The molecule has 0 N–H and O–H groups in total. The van der Waals surface area contributed by atoms with Crippen molar-refractivity contribution in [1.82, 2.24) is 0 Å². The minimum absolute atomic E-state index is 0.0560. The molecule has 0 aliphatic heterocycles.